The fourth-order valence-corrected chi connectivity index (χ4v) is 6.63. The lowest BCUT2D eigenvalue weighted by molar-refractivity contribution is 0.477. The third kappa shape index (κ3) is 6.21. The Labute approximate surface area is 306 Å². The van der Waals surface area contributed by atoms with Gasteiger partial charge in [0.2, 0.25) is 0 Å². The number of hydrogen-bond acceptors (Lipinski definition) is 3. The van der Waals surface area contributed by atoms with E-state index in [1.807, 2.05) is 36.4 Å². The summed E-state index contributed by atoms with van der Waals surface area (Å²) in [5, 5.41) is 11.2. The number of fused-ring (bicyclic) bond motifs is 1. The summed E-state index contributed by atoms with van der Waals surface area (Å²) in [6.07, 6.45) is 1.61. The van der Waals surface area contributed by atoms with Crippen LogP contribution in [0.25, 0.3) is 72.7 Å². The standard InChI is InChI=1S/C47H39N3O/c1-31-24-35(33-16-9-6-10-17-33)29-39(25-31)50-43-20-13-19-40(45(43)49-46(50)41-18-11-12-21-44(41)51)36-26-37(28-38(27-36)47(2,3)4)42-30-34(22-23-48-42)32-14-7-5-8-15-32/h5-30,51H,1-4H3/i5D,7D,8D,14D,15D. The van der Waals surface area contributed by atoms with Crippen LogP contribution < -0.4 is 0 Å². The van der Waals surface area contributed by atoms with Gasteiger partial charge < -0.3 is 5.11 Å². The maximum atomic E-state index is 11.2. The van der Waals surface area contributed by atoms with Gasteiger partial charge in [0.25, 0.3) is 0 Å². The van der Waals surface area contributed by atoms with Crippen molar-refractivity contribution in [3.8, 4) is 67.5 Å². The molecule has 4 nitrogen and oxygen atoms in total. The van der Waals surface area contributed by atoms with Gasteiger partial charge in [-0.05, 0) is 106 Å². The summed E-state index contributed by atoms with van der Waals surface area (Å²) in [7, 11) is 0. The first-order valence-corrected chi connectivity index (χ1v) is 17.0. The van der Waals surface area contributed by atoms with E-state index >= 15 is 0 Å². The maximum Gasteiger partial charge on any atom is 0.149 e. The largest absolute Gasteiger partial charge is 0.507 e. The highest BCUT2D eigenvalue weighted by Crippen LogP contribution is 2.40. The first kappa shape index (κ1) is 26.6. The van der Waals surface area contributed by atoms with Crippen molar-refractivity contribution < 1.29 is 12.0 Å². The van der Waals surface area contributed by atoms with E-state index in [9.17, 15) is 5.11 Å². The summed E-state index contributed by atoms with van der Waals surface area (Å²) < 4.78 is 43.9. The molecule has 0 aliphatic rings. The van der Waals surface area contributed by atoms with Crippen LogP contribution in [0.2, 0.25) is 0 Å². The summed E-state index contributed by atoms with van der Waals surface area (Å²) in [6, 6.07) is 38.2. The highest BCUT2D eigenvalue weighted by molar-refractivity contribution is 5.97. The molecule has 0 aliphatic heterocycles. The Morgan fingerprint density at radius 3 is 2.16 bits per heavy atom. The number of phenolic OH excluding ortho intramolecular Hbond substituents is 1. The number of aromatic hydroxyl groups is 1. The summed E-state index contributed by atoms with van der Waals surface area (Å²) in [6.45, 7) is 8.54. The van der Waals surface area contributed by atoms with Crippen LogP contribution >= 0.6 is 0 Å². The Bertz CT molecular complexity index is 2790. The lowest BCUT2D eigenvalue weighted by Gasteiger charge is -2.22. The second-order valence-corrected chi connectivity index (χ2v) is 13.9. The molecule has 8 aromatic rings. The molecule has 0 bridgehead atoms. The van der Waals surface area contributed by atoms with Crippen molar-refractivity contribution in [2.45, 2.75) is 33.1 Å². The van der Waals surface area contributed by atoms with E-state index in [0.29, 0.717) is 22.6 Å². The van der Waals surface area contributed by atoms with E-state index in [0.717, 1.165) is 55.7 Å². The van der Waals surface area contributed by atoms with Crippen molar-refractivity contribution in [2.75, 3.05) is 0 Å². The number of rotatable bonds is 6. The molecule has 248 valence electrons. The van der Waals surface area contributed by atoms with Crippen LogP contribution in [-0.2, 0) is 5.41 Å². The quantitative estimate of drug-likeness (QED) is 0.192. The van der Waals surface area contributed by atoms with Gasteiger partial charge in [0, 0.05) is 23.0 Å². The third-order valence-corrected chi connectivity index (χ3v) is 9.21. The average Bonchev–Trinajstić information content (AvgIpc) is 3.59. The van der Waals surface area contributed by atoms with E-state index < -0.39 is 6.04 Å². The zero-order valence-electron chi connectivity index (χ0n) is 33.9. The highest BCUT2D eigenvalue weighted by Gasteiger charge is 2.22. The number of imidazole rings is 1. The van der Waals surface area contributed by atoms with E-state index in [-0.39, 0.29) is 40.9 Å². The molecule has 0 unspecified atom stereocenters. The first-order valence-electron chi connectivity index (χ1n) is 19.5. The normalized spacial score (nSPS) is 13.0. The Morgan fingerprint density at radius 1 is 0.627 bits per heavy atom. The minimum atomic E-state index is -0.429. The Hall–Kier alpha value is -6.26. The third-order valence-electron chi connectivity index (χ3n) is 9.21. The van der Waals surface area contributed by atoms with Crippen LogP contribution in [0, 0.1) is 6.92 Å². The van der Waals surface area contributed by atoms with Gasteiger partial charge in [0.05, 0.1) is 29.1 Å². The van der Waals surface area contributed by atoms with Crippen LogP contribution in [0.15, 0.2) is 158 Å². The molecule has 2 aromatic heterocycles. The monoisotopic (exact) mass is 666 g/mol. The van der Waals surface area contributed by atoms with Gasteiger partial charge in [-0.1, -0.05) is 118 Å². The molecule has 0 amide bonds. The SMILES string of the molecule is [2H]c1c([2H])c([2H])c(-c2ccnc(-c3cc(-c4cccc5c4nc(-c4ccccc4O)n5-c4cc(C)cc(-c5ccccc5)c4)cc(C(C)(C)C)c3)c2)c([2H])c1[2H]. The fraction of sp³-hybridized carbons (Fsp3) is 0.106. The van der Waals surface area contributed by atoms with Crippen molar-refractivity contribution in [3.63, 3.8) is 0 Å². The van der Waals surface area contributed by atoms with Gasteiger partial charge in [-0.2, -0.15) is 0 Å². The molecule has 0 radical (unpaired) electrons. The van der Waals surface area contributed by atoms with Crippen molar-refractivity contribution in [1.82, 2.24) is 14.5 Å². The smallest absolute Gasteiger partial charge is 0.149 e. The van der Waals surface area contributed by atoms with Crippen LogP contribution in [0.4, 0.5) is 0 Å². The van der Waals surface area contributed by atoms with Crippen LogP contribution in [0.3, 0.4) is 0 Å². The van der Waals surface area contributed by atoms with E-state index in [1.165, 1.54) is 0 Å². The summed E-state index contributed by atoms with van der Waals surface area (Å²) in [4.78, 5) is 10.0. The zero-order valence-corrected chi connectivity index (χ0v) is 28.9. The summed E-state index contributed by atoms with van der Waals surface area (Å²) in [5.74, 6) is 0.735. The van der Waals surface area contributed by atoms with E-state index in [2.05, 4.69) is 92.9 Å². The highest BCUT2D eigenvalue weighted by atomic mass is 16.3. The zero-order chi connectivity index (χ0) is 39.5. The maximum absolute atomic E-state index is 11.2. The van der Waals surface area contributed by atoms with Crippen LogP contribution in [0.5, 0.6) is 5.75 Å². The minimum Gasteiger partial charge on any atom is -0.507 e. The molecular formula is C47H39N3O. The molecule has 51 heavy (non-hydrogen) atoms. The predicted octanol–water partition coefficient (Wildman–Crippen LogP) is 12.1. The molecule has 2 heterocycles. The molecule has 0 atom stereocenters. The lowest BCUT2D eigenvalue weighted by atomic mass is 9.83. The van der Waals surface area contributed by atoms with Gasteiger partial charge in [0.1, 0.15) is 11.6 Å². The van der Waals surface area contributed by atoms with E-state index in [4.69, 9.17) is 16.8 Å². The molecule has 0 fully saturated rings. The molecule has 0 saturated heterocycles. The Kier molecular flexibility index (Phi) is 6.72. The first-order chi connectivity index (χ1) is 26.8. The molecule has 6 aromatic carbocycles. The molecule has 0 saturated carbocycles. The van der Waals surface area contributed by atoms with Crippen molar-refractivity contribution >= 4 is 11.0 Å². The van der Waals surface area contributed by atoms with Crippen LogP contribution in [-0.4, -0.2) is 19.6 Å². The number of nitrogens with zero attached hydrogens (tertiary/aromatic N) is 3. The number of benzene rings is 6. The molecule has 4 heteroatoms. The van der Waals surface area contributed by atoms with Gasteiger partial charge in [-0.25, -0.2) is 4.98 Å². The number of pyridine rings is 1. The molecule has 0 aliphatic carbocycles. The average molecular weight is 667 g/mol. The molecule has 0 spiro atoms. The van der Waals surface area contributed by atoms with Gasteiger partial charge in [-0.3, -0.25) is 9.55 Å². The molecule has 8 rings (SSSR count). The minimum absolute atomic E-state index is 0.128. The number of aromatic nitrogens is 3. The van der Waals surface area contributed by atoms with E-state index in [1.54, 1.807) is 30.5 Å². The number of aryl methyl sites for hydroxylation is 1. The van der Waals surface area contributed by atoms with Gasteiger partial charge >= 0.3 is 0 Å². The summed E-state index contributed by atoms with van der Waals surface area (Å²) >= 11 is 0. The lowest BCUT2D eigenvalue weighted by Crippen LogP contribution is -2.11. The van der Waals surface area contributed by atoms with Gasteiger partial charge in [-0.15, -0.1) is 0 Å². The predicted molar refractivity (Wildman–Crippen MR) is 211 cm³/mol. The number of para-hydroxylation sites is 2. The molecular weight excluding hydrogens is 623 g/mol. The Balaban J connectivity index is 1.36. The van der Waals surface area contributed by atoms with Crippen molar-refractivity contribution in [3.05, 3.63) is 169 Å². The van der Waals surface area contributed by atoms with Crippen molar-refractivity contribution in [2.24, 2.45) is 0 Å². The second kappa shape index (κ2) is 12.9. The van der Waals surface area contributed by atoms with Crippen molar-refractivity contribution in [1.29, 1.82) is 0 Å². The molecule has 1 N–H and O–H groups in total. The Morgan fingerprint density at radius 2 is 1.37 bits per heavy atom. The number of hydrogen-bond donors (Lipinski definition) is 1. The topological polar surface area (TPSA) is 50.9 Å². The second-order valence-electron chi connectivity index (χ2n) is 13.9. The van der Waals surface area contributed by atoms with Crippen LogP contribution in [0.1, 0.15) is 38.8 Å². The van der Waals surface area contributed by atoms with Gasteiger partial charge in [0.15, 0.2) is 0 Å². The number of phenols is 1. The summed E-state index contributed by atoms with van der Waals surface area (Å²) in [5.41, 5.74) is 11.0. The fourth-order valence-electron chi connectivity index (χ4n) is 6.63.